The molecule has 0 bridgehead atoms. The van der Waals surface area contributed by atoms with Crippen LogP contribution in [0.5, 0.6) is 17.2 Å². The lowest BCUT2D eigenvalue weighted by Gasteiger charge is -2.46. The molecule has 0 unspecified atom stereocenters. The molecule has 0 saturated heterocycles. The highest BCUT2D eigenvalue weighted by Gasteiger charge is 2.46. The molecule has 30 heteroatoms. The van der Waals surface area contributed by atoms with Crippen molar-refractivity contribution >= 4 is 86.7 Å². The standard InChI is InChI=1S/C28H32F3N3O4.C27H28F3N3O4.C26H28F3N3O4/c1-3-27(4-2)16-19(22-10-8-20(28(29,30)31)14-24(22)38-27)13-25(36)32-21-9-7-18-17-34(11-5-6-12-35)26(37)33-23(18)15-21;28-27(29,30)19-5-7-21-18(15-26(8-3-9-26)37-23(21)13-19)12-24(35)31-20-6-4-17-16-33(10-1-2-11-34)25(36)32-22(17)14-20;1-25(2)14-17(20-8-6-18(26(27,28)29)12-22(20)36-25)11-23(34)30-19-7-5-16-15-32(9-3-4-10-33)24(35)31-21(16)13-19/h7-10,13-15,35H,3-6,11-12,16-17H2,1-2H3,(H,32,36)(H,33,37);4-7,12-14,34H,1-3,8-11,15-16H2,(H,31,35)(H,32,36);5-8,11-13,33H,3-4,9-10,14-15H2,1-2H3,(H,30,34)(H,31,35)/b19-13+;18-12+;17-11+. The number of amides is 9. The van der Waals surface area contributed by atoms with E-state index in [1.165, 1.54) is 36.4 Å². The maximum atomic E-state index is 13.3. The minimum Gasteiger partial charge on any atom is -0.487 e. The van der Waals surface area contributed by atoms with Crippen molar-refractivity contribution in [3.8, 4) is 17.2 Å². The number of aliphatic hydroxyl groups is 3. The molecular weight excluding hydrogens is 1460 g/mol. The number of nitrogens with zero attached hydrogens (tertiary/aromatic N) is 3. The summed E-state index contributed by atoms with van der Waals surface area (Å²) >= 11 is 0. The first-order chi connectivity index (χ1) is 52.7. The molecule has 592 valence electrons. The molecule has 1 spiro atoms. The number of fused-ring (bicyclic) bond motifs is 6. The summed E-state index contributed by atoms with van der Waals surface area (Å²) in [5, 5.41) is 43.7. The fourth-order valence-corrected chi connectivity index (χ4v) is 14.3. The van der Waals surface area contributed by atoms with Crippen molar-refractivity contribution in [2.75, 3.05) is 71.4 Å². The van der Waals surface area contributed by atoms with Gasteiger partial charge >= 0.3 is 36.6 Å². The molecule has 111 heavy (non-hydrogen) atoms. The van der Waals surface area contributed by atoms with Crippen LogP contribution < -0.4 is 46.1 Å². The molecule has 21 nitrogen and oxygen atoms in total. The number of ether oxygens (including phenoxy) is 3. The zero-order chi connectivity index (χ0) is 79.8. The van der Waals surface area contributed by atoms with Gasteiger partial charge < -0.3 is 76.1 Å². The molecule has 6 aliphatic heterocycles. The van der Waals surface area contributed by atoms with Gasteiger partial charge in [-0.3, -0.25) is 14.4 Å². The zero-order valence-electron chi connectivity index (χ0n) is 61.6. The fourth-order valence-electron chi connectivity index (χ4n) is 14.3. The second-order valence-corrected chi connectivity index (χ2v) is 29.1. The number of carbonyl (C=O) groups is 6. The maximum Gasteiger partial charge on any atom is 0.416 e. The van der Waals surface area contributed by atoms with Gasteiger partial charge in [0, 0.05) is 147 Å². The van der Waals surface area contributed by atoms with E-state index in [0.29, 0.717) is 177 Å². The lowest BCUT2D eigenvalue weighted by molar-refractivity contribution is -0.138. The summed E-state index contributed by atoms with van der Waals surface area (Å²) in [6.45, 7) is 10.5. The van der Waals surface area contributed by atoms with Crippen molar-refractivity contribution < 1.29 is 97.8 Å². The number of anilines is 6. The molecule has 7 aliphatic rings. The average molecular weight is 1550 g/mol. The van der Waals surface area contributed by atoms with Crippen molar-refractivity contribution in [2.24, 2.45) is 0 Å². The third-order valence-corrected chi connectivity index (χ3v) is 20.4. The predicted octanol–water partition coefficient (Wildman–Crippen LogP) is 17.2. The number of alkyl halides is 9. The number of hydrogen-bond acceptors (Lipinski definition) is 12. The van der Waals surface area contributed by atoms with E-state index in [1.807, 2.05) is 32.0 Å². The lowest BCUT2D eigenvalue weighted by Crippen LogP contribution is -2.45. The molecule has 9 amide bonds. The van der Waals surface area contributed by atoms with Gasteiger partial charge in [0.1, 0.15) is 34.1 Å². The second-order valence-electron chi connectivity index (χ2n) is 29.1. The maximum absolute atomic E-state index is 13.3. The Morgan fingerprint density at radius 1 is 0.450 bits per heavy atom. The van der Waals surface area contributed by atoms with Crippen LogP contribution in [0.15, 0.2) is 127 Å². The van der Waals surface area contributed by atoms with Gasteiger partial charge in [0.15, 0.2) is 0 Å². The molecule has 0 atom stereocenters. The highest BCUT2D eigenvalue weighted by Crippen LogP contribution is 2.52. The molecule has 9 N–H and O–H groups in total. The summed E-state index contributed by atoms with van der Waals surface area (Å²) in [7, 11) is 0. The van der Waals surface area contributed by atoms with Crippen LogP contribution in [0.25, 0.3) is 16.7 Å². The minimum absolute atomic E-state index is 0.0793. The first-order valence-corrected chi connectivity index (χ1v) is 36.8. The normalized spacial score (nSPS) is 18.0. The summed E-state index contributed by atoms with van der Waals surface area (Å²) in [4.78, 5) is 81.0. The Morgan fingerprint density at radius 2 is 0.784 bits per heavy atom. The molecule has 0 radical (unpaired) electrons. The van der Waals surface area contributed by atoms with Crippen molar-refractivity contribution in [3.05, 3.63) is 177 Å². The monoisotopic (exact) mass is 1550 g/mol. The van der Waals surface area contributed by atoms with E-state index in [2.05, 4.69) is 31.9 Å². The number of aliphatic hydroxyl groups excluding tert-OH is 3. The third kappa shape index (κ3) is 20.1. The molecule has 6 heterocycles. The number of unbranched alkanes of at least 4 members (excludes halogenated alkanes) is 3. The zero-order valence-corrected chi connectivity index (χ0v) is 61.6. The van der Waals surface area contributed by atoms with Crippen molar-refractivity contribution in [2.45, 2.75) is 173 Å². The van der Waals surface area contributed by atoms with Crippen LogP contribution in [0.4, 0.5) is 88.0 Å². The van der Waals surface area contributed by atoms with E-state index in [4.69, 9.17) is 29.5 Å². The summed E-state index contributed by atoms with van der Waals surface area (Å²) in [5.41, 5.74) is 4.71. The predicted molar refractivity (Wildman–Crippen MR) is 400 cm³/mol. The first kappa shape index (κ1) is 81.4. The van der Waals surface area contributed by atoms with Gasteiger partial charge in [-0.25, -0.2) is 14.4 Å². The van der Waals surface area contributed by atoms with Gasteiger partial charge in [0.25, 0.3) is 0 Å². The summed E-state index contributed by atoms with van der Waals surface area (Å²) in [5.74, 6) is -0.929. The minimum atomic E-state index is -4.50. The Kier molecular flexibility index (Phi) is 24.9. The number of benzene rings is 6. The van der Waals surface area contributed by atoms with E-state index in [-0.39, 0.29) is 55.2 Å². The van der Waals surface area contributed by atoms with Crippen LogP contribution in [0.3, 0.4) is 0 Å². The molecule has 13 rings (SSSR count). The van der Waals surface area contributed by atoms with Crippen LogP contribution in [0.2, 0.25) is 0 Å². The van der Waals surface area contributed by atoms with Gasteiger partial charge in [-0.05, 0) is 191 Å². The number of urea groups is 3. The molecule has 1 saturated carbocycles. The number of nitrogens with one attached hydrogen (secondary N) is 6. The van der Waals surface area contributed by atoms with Gasteiger partial charge in [-0.2, -0.15) is 39.5 Å². The Labute approximate surface area is 635 Å². The van der Waals surface area contributed by atoms with Crippen LogP contribution in [0.1, 0.15) is 168 Å². The number of rotatable bonds is 20. The summed E-state index contributed by atoms with van der Waals surface area (Å²) in [6.07, 6.45) is -0.624. The average Bonchev–Trinajstić information content (AvgIpc) is 0.759. The van der Waals surface area contributed by atoms with E-state index in [9.17, 15) is 68.3 Å². The van der Waals surface area contributed by atoms with Crippen LogP contribution >= 0.6 is 0 Å². The Balaban J connectivity index is 0.000000165. The number of carbonyl (C=O) groups excluding carboxylic acids is 6. The second kappa shape index (κ2) is 33.9. The van der Waals surface area contributed by atoms with Gasteiger partial charge in [-0.1, -0.05) is 50.2 Å². The molecule has 1 aliphatic carbocycles. The quantitative estimate of drug-likeness (QED) is 0.0196. The molecule has 1 fully saturated rings. The topological polar surface area (TPSA) is 273 Å². The van der Waals surface area contributed by atoms with Gasteiger partial charge in [0.2, 0.25) is 17.7 Å². The van der Waals surface area contributed by atoms with Gasteiger partial charge in [0.05, 0.1) is 16.7 Å². The van der Waals surface area contributed by atoms with Gasteiger partial charge in [-0.15, -0.1) is 0 Å². The van der Waals surface area contributed by atoms with Crippen molar-refractivity contribution in [1.29, 1.82) is 0 Å². The SMILES string of the molecule is CC1(C)C/C(=C\C(=O)Nc2ccc3c(c2)NC(=O)N(CCCCO)C3)c2ccc(C(F)(F)F)cc2O1.CCC1(CC)C/C(=C\C(=O)Nc2ccc3c(c2)NC(=O)N(CCCCO)C3)c2ccc(C(F)(F)F)cc2O1.O=C(/C=C1\CC2(CCC2)Oc2cc(C(F)(F)F)ccc21)Nc1ccc2c(c1)NC(=O)N(CCCCO)C2. The number of halogens is 9. The van der Waals surface area contributed by atoms with E-state index in [1.54, 1.807) is 64.9 Å². The lowest BCUT2D eigenvalue weighted by atomic mass is 9.72. The number of hydrogen-bond donors (Lipinski definition) is 9. The van der Waals surface area contributed by atoms with Crippen molar-refractivity contribution in [1.82, 2.24) is 14.7 Å². The smallest absolute Gasteiger partial charge is 0.416 e. The fraction of sp³-hybridized carbons (Fsp3) is 0.407. The third-order valence-electron chi connectivity index (χ3n) is 20.4. The Hall–Kier alpha value is -10.6. The van der Waals surface area contributed by atoms with Crippen LogP contribution in [-0.4, -0.2) is 122 Å². The summed E-state index contributed by atoms with van der Waals surface area (Å²) in [6, 6.07) is 25.0. The highest BCUT2D eigenvalue weighted by atomic mass is 19.4. The summed E-state index contributed by atoms with van der Waals surface area (Å²) < 4.78 is 137. The van der Waals surface area contributed by atoms with E-state index >= 15 is 0 Å². The molecule has 6 aromatic rings. The van der Waals surface area contributed by atoms with Crippen molar-refractivity contribution in [3.63, 3.8) is 0 Å². The first-order valence-electron chi connectivity index (χ1n) is 36.8. The largest absolute Gasteiger partial charge is 0.487 e. The van der Waals surface area contributed by atoms with E-state index < -0.39 is 69.7 Å². The van der Waals surface area contributed by atoms with Crippen LogP contribution in [0, 0.1) is 0 Å². The van der Waals surface area contributed by atoms with Crippen LogP contribution in [-0.2, 0) is 52.5 Å². The molecule has 0 aromatic heterocycles. The molecular formula is C81H88F9N9O12. The molecule has 6 aromatic carbocycles. The Bertz CT molecular complexity index is 4600. The van der Waals surface area contributed by atoms with E-state index in [0.717, 1.165) is 72.4 Å². The Morgan fingerprint density at radius 3 is 1.11 bits per heavy atom. The highest BCUT2D eigenvalue weighted by molar-refractivity contribution is 6.07.